The minimum Gasteiger partial charge on any atom is -0.508 e. The molecule has 6 nitrogen and oxygen atoms in total. The number of phenols is 1. The summed E-state index contributed by atoms with van der Waals surface area (Å²) in [7, 11) is 0. The first kappa shape index (κ1) is 28.4. The minimum absolute atomic E-state index is 0.0102. The maximum atomic E-state index is 12.8. The molecule has 0 saturated carbocycles. The van der Waals surface area contributed by atoms with Crippen LogP contribution < -0.4 is 10.6 Å². The van der Waals surface area contributed by atoms with E-state index < -0.39 is 6.10 Å². The Labute approximate surface area is 220 Å². The van der Waals surface area contributed by atoms with Crippen molar-refractivity contribution in [3.8, 4) is 5.75 Å². The number of aromatic hydroxyl groups is 1. The highest BCUT2D eigenvalue weighted by molar-refractivity contribution is 5.94. The highest BCUT2D eigenvalue weighted by atomic mass is 16.3. The number of amides is 1. The number of hydrogen-bond acceptors (Lipinski definition) is 5. The second kappa shape index (κ2) is 12.4. The molecular weight excluding hydrogens is 464 g/mol. The van der Waals surface area contributed by atoms with Crippen LogP contribution in [0, 0.1) is 20.8 Å². The number of aliphatic hydroxyl groups is 2. The molecule has 0 aliphatic heterocycles. The van der Waals surface area contributed by atoms with Gasteiger partial charge in [0.05, 0.1) is 12.7 Å². The van der Waals surface area contributed by atoms with Crippen LogP contribution >= 0.6 is 0 Å². The third-order valence-corrected chi connectivity index (χ3v) is 6.90. The summed E-state index contributed by atoms with van der Waals surface area (Å²) in [4.78, 5) is 12.8. The van der Waals surface area contributed by atoms with Gasteiger partial charge in [-0.3, -0.25) is 4.79 Å². The van der Waals surface area contributed by atoms with Crippen molar-refractivity contribution >= 4 is 5.91 Å². The first-order valence-electron chi connectivity index (χ1n) is 12.8. The quantitative estimate of drug-likeness (QED) is 0.266. The Morgan fingerprint density at radius 2 is 1.68 bits per heavy atom. The van der Waals surface area contributed by atoms with Gasteiger partial charge in [-0.2, -0.15) is 0 Å². The molecule has 3 aromatic rings. The van der Waals surface area contributed by atoms with E-state index in [1.807, 2.05) is 38.1 Å². The smallest absolute Gasteiger partial charge is 0.251 e. The second-order valence-electron chi connectivity index (χ2n) is 10.6. The van der Waals surface area contributed by atoms with Gasteiger partial charge in [-0.25, -0.2) is 0 Å². The summed E-state index contributed by atoms with van der Waals surface area (Å²) >= 11 is 0. The number of benzene rings is 3. The average Bonchev–Trinajstić information content (AvgIpc) is 2.85. The number of nitrogens with one attached hydrogen (secondary N) is 2. The van der Waals surface area contributed by atoms with Gasteiger partial charge < -0.3 is 26.0 Å². The van der Waals surface area contributed by atoms with Crippen molar-refractivity contribution < 1.29 is 20.1 Å². The van der Waals surface area contributed by atoms with Crippen LogP contribution in [-0.2, 0) is 19.4 Å². The molecule has 0 bridgehead atoms. The lowest BCUT2D eigenvalue weighted by Gasteiger charge is -2.28. The fraction of sp³-hybridized carbons (Fsp3) is 0.387. The number of β-amino-alcohol motifs (C(OH)–C–C–N with tert-alkyl or cyclic N) is 1. The largest absolute Gasteiger partial charge is 0.508 e. The van der Waals surface area contributed by atoms with Crippen molar-refractivity contribution in [1.29, 1.82) is 0 Å². The summed E-state index contributed by atoms with van der Waals surface area (Å²) in [6.07, 6.45) is 0.668. The Balaban J connectivity index is 1.55. The minimum atomic E-state index is -0.789. The molecule has 0 aliphatic rings. The molecule has 37 heavy (non-hydrogen) atoms. The van der Waals surface area contributed by atoms with Crippen LogP contribution in [0.3, 0.4) is 0 Å². The zero-order valence-electron chi connectivity index (χ0n) is 22.6. The van der Waals surface area contributed by atoms with Gasteiger partial charge in [-0.1, -0.05) is 30.3 Å². The third-order valence-electron chi connectivity index (χ3n) is 6.90. The van der Waals surface area contributed by atoms with E-state index in [0.717, 1.165) is 12.0 Å². The molecule has 0 spiro atoms. The van der Waals surface area contributed by atoms with E-state index in [1.165, 1.54) is 28.3 Å². The molecule has 0 saturated heterocycles. The fourth-order valence-corrected chi connectivity index (χ4v) is 4.53. The Hall–Kier alpha value is -3.19. The highest BCUT2D eigenvalue weighted by Gasteiger charge is 2.21. The van der Waals surface area contributed by atoms with E-state index in [-0.39, 0.29) is 23.8 Å². The SMILES string of the molecule is Cc1cc(C)c(CCNC(=O)c2cccc(CC(C)(C)NC[C@@H](O)c3ccc(O)c(CO)c3)c2)cc1C. The monoisotopic (exact) mass is 504 g/mol. The Morgan fingerprint density at radius 3 is 2.41 bits per heavy atom. The summed E-state index contributed by atoms with van der Waals surface area (Å²) in [6, 6.07) is 16.8. The first-order valence-corrected chi connectivity index (χ1v) is 12.8. The standard InChI is InChI=1S/C31H40N2O4/c1-20-13-22(3)24(14-21(20)2)11-12-32-30(37)26-8-6-7-23(15-26)17-31(4,5)33-18-29(36)25-9-10-28(35)27(16-25)19-34/h6-10,13-16,29,33-36H,11-12,17-19H2,1-5H3,(H,32,37)/t29-/m1/s1. The number of carbonyl (C=O) groups excluding carboxylic acids is 1. The highest BCUT2D eigenvalue weighted by Crippen LogP contribution is 2.23. The molecule has 0 unspecified atom stereocenters. The van der Waals surface area contributed by atoms with Crippen LogP contribution in [0.25, 0.3) is 0 Å². The fourth-order valence-electron chi connectivity index (χ4n) is 4.53. The molecular formula is C31H40N2O4. The first-order chi connectivity index (χ1) is 17.5. The van der Waals surface area contributed by atoms with Crippen molar-refractivity contribution in [1.82, 2.24) is 10.6 Å². The Kier molecular flexibility index (Phi) is 9.49. The van der Waals surface area contributed by atoms with Gasteiger partial charge in [0.15, 0.2) is 0 Å². The average molecular weight is 505 g/mol. The lowest BCUT2D eigenvalue weighted by Crippen LogP contribution is -2.43. The van der Waals surface area contributed by atoms with Crippen molar-refractivity contribution in [3.05, 3.63) is 99.1 Å². The number of carbonyl (C=O) groups is 1. The molecule has 6 heteroatoms. The summed E-state index contributed by atoms with van der Waals surface area (Å²) in [5.74, 6) is -0.0763. The molecule has 5 N–H and O–H groups in total. The van der Waals surface area contributed by atoms with E-state index in [2.05, 4.69) is 43.5 Å². The molecule has 0 aromatic heterocycles. The molecule has 3 aromatic carbocycles. The predicted octanol–water partition coefficient (Wildman–Crippen LogP) is 4.43. The van der Waals surface area contributed by atoms with E-state index in [9.17, 15) is 20.1 Å². The number of aryl methyl sites for hydroxylation is 3. The van der Waals surface area contributed by atoms with Crippen LogP contribution in [0.15, 0.2) is 54.6 Å². The maximum absolute atomic E-state index is 12.8. The number of hydrogen-bond donors (Lipinski definition) is 5. The van der Waals surface area contributed by atoms with Gasteiger partial charge >= 0.3 is 0 Å². The van der Waals surface area contributed by atoms with Crippen molar-refractivity contribution in [2.75, 3.05) is 13.1 Å². The zero-order valence-corrected chi connectivity index (χ0v) is 22.6. The molecule has 3 rings (SSSR count). The van der Waals surface area contributed by atoms with E-state index in [0.29, 0.717) is 36.2 Å². The second-order valence-corrected chi connectivity index (χ2v) is 10.6. The van der Waals surface area contributed by atoms with Crippen LogP contribution in [0.4, 0.5) is 0 Å². The van der Waals surface area contributed by atoms with Crippen LogP contribution in [-0.4, -0.2) is 39.9 Å². The lowest BCUT2D eigenvalue weighted by molar-refractivity contribution is 0.0954. The predicted molar refractivity (Wildman–Crippen MR) is 148 cm³/mol. The van der Waals surface area contributed by atoms with Gasteiger partial charge in [0.25, 0.3) is 5.91 Å². The van der Waals surface area contributed by atoms with Gasteiger partial charge in [0.2, 0.25) is 0 Å². The molecule has 0 radical (unpaired) electrons. The zero-order chi connectivity index (χ0) is 27.2. The van der Waals surface area contributed by atoms with Crippen LogP contribution in [0.2, 0.25) is 0 Å². The number of aliphatic hydroxyl groups excluding tert-OH is 2. The summed E-state index contributed by atoms with van der Waals surface area (Å²) < 4.78 is 0. The van der Waals surface area contributed by atoms with Gasteiger partial charge in [0.1, 0.15) is 5.75 Å². The molecule has 0 heterocycles. The molecule has 0 fully saturated rings. The Bertz CT molecular complexity index is 1240. The summed E-state index contributed by atoms with van der Waals surface area (Å²) in [5, 5.41) is 36.2. The van der Waals surface area contributed by atoms with Crippen molar-refractivity contribution in [3.63, 3.8) is 0 Å². The maximum Gasteiger partial charge on any atom is 0.251 e. The van der Waals surface area contributed by atoms with Crippen LogP contribution in [0.1, 0.15) is 69.3 Å². The molecule has 0 aliphatic carbocycles. The molecule has 1 atom stereocenters. The lowest BCUT2D eigenvalue weighted by atomic mass is 9.93. The van der Waals surface area contributed by atoms with Crippen molar-refractivity contribution in [2.24, 2.45) is 0 Å². The Morgan fingerprint density at radius 1 is 0.946 bits per heavy atom. The van der Waals surface area contributed by atoms with E-state index in [4.69, 9.17) is 0 Å². The van der Waals surface area contributed by atoms with E-state index in [1.54, 1.807) is 12.1 Å². The summed E-state index contributed by atoms with van der Waals surface area (Å²) in [6.45, 7) is 11.0. The molecule has 198 valence electrons. The van der Waals surface area contributed by atoms with Gasteiger partial charge in [0, 0.05) is 29.8 Å². The van der Waals surface area contributed by atoms with E-state index >= 15 is 0 Å². The van der Waals surface area contributed by atoms with Crippen LogP contribution in [0.5, 0.6) is 5.75 Å². The van der Waals surface area contributed by atoms with Gasteiger partial charge in [-0.05, 0) is 105 Å². The third kappa shape index (κ3) is 7.89. The number of rotatable bonds is 11. The van der Waals surface area contributed by atoms with Gasteiger partial charge in [-0.15, -0.1) is 0 Å². The summed E-state index contributed by atoms with van der Waals surface area (Å²) in [5.41, 5.74) is 7.38. The normalized spacial score (nSPS) is 12.4. The molecule has 1 amide bonds. The van der Waals surface area contributed by atoms with Crippen molar-refractivity contribution in [2.45, 2.75) is 65.7 Å². The topological polar surface area (TPSA) is 102 Å².